The molecule has 4 nitrogen and oxygen atoms in total. The fourth-order valence-corrected chi connectivity index (χ4v) is 2.28. The van der Waals surface area contributed by atoms with Gasteiger partial charge in [-0.3, -0.25) is 0 Å². The van der Waals surface area contributed by atoms with Crippen LogP contribution in [0.25, 0.3) is 0 Å². The fourth-order valence-electron chi connectivity index (χ4n) is 1.03. The summed E-state index contributed by atoms with van der Waals surface area (Å²) in [4.78, 5) is -0.147. The lowest BCUT2D eigenvalue weighted by Crippen LogP contribution is -2.33. The van der Waals surface area contributed by atoms with E-state index in [1.165, 1.54) is 12.1 Å². The zero-order valence-corrected chi connectivity index (χ0v) is 10.4. The number of nitrogens with zero attached hydrogens (tertiary/aromatic N) is 1. The van der Waals surface area contributed by atoms with E-state index in [0.717, 1.165) is 12.1 Å². The summed E-state index contributed by atoms with van der Waals surface area (Å²) in [6.07, 6.45) is 0. The normalized spacial score (nSPS) is 12.1. The number of nitrogens with one attached hydrogen (secondary N) is 1. The molecule has 0 fully saturated rings. The van der Waals surface area contributed by atoms with Gasteiger partial charge in [-0.15, -0.1) is 0 Å². The smallest absolute Gasteiger partial charge is 0.210 e. The summed E-state index contributed by atoms with van der Waals surface area (Å²) in [6, 6.07) is 6.69. The van der Waals surface area contributed by atoms with Crippen molar-refractivity contribution < 1.29 is 12.8 Å². The Kier molecular flexibility index (Phi) is 3.86. The van der Waals surface area contributed by atoms with Crippen LogP contribution in [0.2, 0.25) is 0 Å². The standard InChI is InChI=1S/C11H13FN2O2S/c1-11(2,7-13)8-14-17(15,16)10-5-3-4-9(12)6-10/h3-6,14H,8H2,1-2H3. The van der Waals surface area contributed by atoms with Crippen LogP contribution in [0.15, 0.2) is 29.2 Å². The average molecular weight is 256 g/mol. The molecule has 0 spiro atoms. The van der Waals surface area contributed by atoms with Crippen molar-refractivity contribution in [3.63, 3.8) is 0 Å². The van der Waals surface area contributed by atoms with Crippen molar-refractivity contribution in [1.82, 2.24) is 4.72 Å². The third-order valence-corrected chi connectivity index (χ3v) is 3.51. The van der Waals surface area contributed by atoms with Crippen molar-refractivity contribution >= 4 is 10.0 Å². The lowest BCUT2D eigenvalue weighted by Gasteiger charge is -2.15. The van der Waals surface area contributed by atoms with Gasteiger partial charge in [0.05, 0.1) is 16.4 Å². The van der Waals surface area contributed by atoms with Gasteiger partial charge < -0.3 is 0 Å². The predicted molar refractivity (Wildman–Crippen MR) is 61.0 cm³/mol. The largest absolute Gasteiger partial charge is 0.240 e. The first kappa shape index (κ1) is 13.6. The molecule has 1 aromatic rings. The Morgan fingerprint density at radius 1 is 1.47 bits per heavy atom. The maximum Gasteiger partial charge on any atom is 0.240 e. The fraction of sp³-hybridized carbons (Fsp3) is 0.364. The number of benzene rings is 1. The van der Waals surface area contributed by atoms with Gasteiger partial charge in [0.15, 0.2) is 0 Å². The molecule has 92 valence electrons. The van der Waals surface area contributed by atoms with E-state index < -0.39 is 21.3 Å². The molecule has 0 saturated carbocycles. The van der Waals surface area contributed by atoms with Gasteiger partial charge in [0.25, 0.3) is 0 Å². The molecule has 0 aliphatic heterocycles. The molecule has 0 aliphatic rings. The highest BCUT2D eigenvalue weighted by Crippen LogP contribution is 2.14. The molecule has 1 aromatic carbocycles. The molecule has 0 amide bonds. The molecule has 0 aliphatic carbocycles. The first-order valence-corrected chi connectivity index (χ1v) is 6.42. The van der Waals surface area contributed by atoms with Gasteiger partial charge >= 0.3 is 0 Å². The first-order valence-electron chi connectivity index (χ1n) is 4.93. The van der Waals surface area contributed by atoms with Crippen molar-refractivity contribution in [3.8, 4) is 6.07 Å². The number of halogens is 1. The van der Waals surface area contributed by atoms with Crippen molar-refractivity contribution in [3.05, 3.63) is 30.1 Å². The topological polar surface area (TPSA) is 70.0 Å². The third kappa shape index (κ3) is 3.80. The molecule has 0 bridgehead atoms. The predicted octanol–water partition coefficient (Wildman–Crippen LogP) is 1.65. The Morgan fingerprint density at radius 3 is 2.65 bits per heavy atom. The van der Waals surface area contributed by atoms with Crippen LogP contribution in [0.1, 0.15) is 13.8 Å². The molecule has 1 rings (SSSR count). The molecule has 0 saturated heterocycles. The maximum atomic E-state index is 12.9. The Hall–Kier alpha value is -1.45. The van der Waals surface area contributed by atoms with Crippen molar-refractivity contribution in [2.24, 2.45) is 5.41 Å². The highest BCUT2D eigenvalue weighted by Gasteiger charge is 2.21. The first-order chi connectivity index (χ1) is 7.77. The minimum atomic E-state index is -3.77. The number of hydrogen-bond donors (Lipinski definition) is 1. The zero-order valence-electron chi connectivity index (χ0n) is 9.57. The zero-order chi connectivity index (χ0) is 13.1. The minimum Gasteiger partial charge on any atom is -0.210 e. The van der Waals surface area contributed by atoms with E-state index in [9.17, 15) is 12.8 Å². The monoisotopic (exact) mass is 256 g/mol. The lowest BCUT2D eigenvalue weighted by atomic mass is 9.97. The quantitative estimate of drug-likeness (QED) is 0.890. The van der Waals surface area contributed by atoms with E-state index in [1.54, 1.807) is 13.8 Å². The number of hydrogen-bond acceptors (Lipinski definition) is 3. The Balaban J connectivity index is 2.88. The molecule has 0 unspecified atom stereocenters. The summed E-state index contributed by atoms with van der Waals surface area (Å²) in [5.74, 6) is -0.618. The van der Waals surface area contributed by atoms with Crippen molar-refractivity contribution in [1.29, 1.82) is 5.26 Å². The summed E-state index contributed by atoms with van der Waals surface area (Å²) in [6.45, 7) is 3.20. The van der Waals surface area contributed by atoms with Crippen LogP contribution in [0.4, 0.5) is 4.39 Å². The molecule has 0 atom stereocenters. The number of rotatable bonds is 4. The SMILES string of the molecule is CC(C)(C#N)CNS(=O)(=O)c1cccc(F)c1. The van der Waals surface area contributed by atoms with E-state index in [-0.39, 0.29) is 11.4 Å². The second-order valence-electron chi connectivity index (χ2n) is 4.28. The van der Waals surface area contributed by atoms with E-state index in [2.05, 4.69) is 4.72 Å². The molecule has 1 N–H and O–H groups in total. The lowest BCUT2D eigenvalue weighted by molar-refractivity contribution is 0.478. The summed E-state index contributed by atoms with van der Waals surface area (Å²) < 4.78 is 38.7. The summed E-state index contributed by atoms with van der Waals surface area (Å²) >= 11 is 0. The van der Waals surface area contributed by atoms with Gasteiger partial charge in [0, 0.05) is 6.54 Å². The Bertz CT molecular complexity index is 547. The van der Waals surface area contributed by atoms with Gasteiger partial charge in [0.1, 0.15) is 5.82 Å². The van der Waals surface area contributed by atoms with E-state index >= 15 is 0 Å². The Morgan fingerprint density at radius 2 is 2.12 bits per heavy atom. The van der Waals surface area contributed by atoms with Gasteiger partial charge in [0.2, 0.25) is 10.0 Å². The summed E-state index contributed by atoms with van der Waals surface area (Å²) in [7, 11) is -3.77. The van der Waals surface area contributed by atoms with Gasteiger partial charge in [-0.25, -0.2) is 17.5 Å². The van der Waals surface area contributed by atoms with E-state index in [1.807, 2.05) is 6.07 Å². The highest BCUT2D eigenvalue weighted by atomic mass is 32.2. The van der Waals surface area contributed by atoms with Crippen LogP contribution in [-0.4, -0.2) is 15.0 Å². The molecule has 0 radical (unpaired) electrons. The summed E-state index contributed by atoms with van der Waals surface area (Å²) in [5.41, 5.74) is -0.805. The van der Waals surface area contributed by atoms with E-state index in [0.29, 0.717) is 0 Å². The van der Waals surface area contributed by atoms with Crippen LogP contribution < -0.4 is 4.72 Å². The summed E-state index contributed by atoms with van der Waals surface area (Å²) in [5, 5.41) is 8.76. The minimum absolute atomic E-state index is 0.0254. The number of sulfonamides is 1. The second-order valence-corrected chi connectivity index (χ2v) is 6.04. The highest BCUT2D eigenvalue weighted by molar-refractivity contribution is 7.89. The van der Waals surface area contributed by atoms with Crippen LogP contribution in [0, 0.1) is 22.6 Å². The molecule has 6 heteroatoms. The van der Waals surface area contributed by atoms with Crippen LogP contribution >= 0.6 is 0 Å². The number of nitriles is 1. The van der Waals surface area contributed by atoms with Crippen LogP contribution in [-0.2, 0) is 10.0 Å². The molecule has 0 heterocycles. The van der Waals surface area contributed by atoms with E-state index in [4.69, 9.17) is 5.26 Å². The van der Waals surface area contributed by atoms with Gasteiger partial charge in [-0.05, 0) is 32.0 Å². The Labute approximate surface area is 100 Å². The van der Waals surface area contributed by atoms with Gasteiger partial charge in [-0.2, -0.15) is 5.26 Å². The third-order valence-electron chi connectivity index (χ3n) is 2.11. The second kappa shape index (κ2) is 4.82. The van der Waals surface area contributed by atoms with Gasteiger partial charge in [-0.1, -0.05) is 6.07 Å². The average Bonchev–Trinajstić information content (AvgIpc) is 2.27. The molecular formula is C11H13FN2O2S. The maximum absolute atomic E-state index is 12.9. The van der Waals surface area contributed by atoms with Crippen molar-refractivity contribution in [2.75, 3.05) is 6.54 Å². The van der Waals surface area contributed by atoms with Crippen LogP contribution in [0.3, 0.4) is 0 Å². The van der Waals surface area contributed by atoms with Crippen LogP contribution in [0.5, 0.6) is 0 Å². The molecular weight excluding hydrogens is 243 g/mol. The van der Waals surface area contributed by atoms with Crippen molar-refractivity contribution in [2.45, 2.75) is 18.7 Å². The molecule has 0 aromatic heterocycles. The molecule has 17 heavy (non-hydrogen) atoms.